The monoisotopic (exact) mass is 526 g/mol. The van der Waals surface area contributed by atoms with Gasteiger partial charge in [0, 0.05) is 44.9 Å². The minimum atomic E-state index is -3.67. The van der Waals surface area contributed by atoms with Gasteiger partial charge in [-0.3, -0.25) is 9.52 Å². The molecule has 0 radical (unpaired) electrons. The van der Waals surface area contributed by atoms with Gasteiger partial charge in [0.25, 0.3) is 5.91 Å². The number of anilines is 3. The Morgan fingerprint density at radius 1 is 1.22 bits per heavy atom. The standard InChI is InChI=1S/C25H34N8O3S/c1-4-21-20-13-24-28-23(32-10-8-17(26)15-32)14-22(33(24)29-20)27-9-5-11-37(35,36)30-19-7-6-16(2)12-18(19)25(34)31(21)3/h6-7,12-14,17,21,27,30H,4-5,8-11,15,26H2,1-3H3. The summed E-state index contributed by atoms with van der Waals surface area (Å²) >= 11 is 0. The zero-order valence-electron chi connectivity index (χ0n) is 21.4. The maximum atomic E-state index is 13.7. The third kappa shape index (κ3) is 5.08. The highest BCUT2D eigenvalue weighted by Gasteiger charge is 2.28. The molecule has 1 fully saturated rings. The summed E-state index contributed by atoms with van der Waals surface area (Å²) < 4.78 is 30.2. The molecule has 0 spiro atoms. The molecule has 4 N–H and O–H groups in total. The van der Waals surface area contributed by atoms with Crippen LogP contribution in [-0.2, 0) is 10.0 Å². The van der Waals surface area contributed by atoms with Crippen LogP contribution in [-0.4, -0.2) is 72.3 Å². The van der Waals surface area contributed by atoms with Crippen LogP contribution in [0.15, 0.2) is 30.3 Å². The Labute approximate surface area is 217 Å². The van der Waals surface area contributed by atoms with Crippen molar-refractivity contribution in [2.45, 2.75) is 45.2 Å². The van der Waals surface area contributed by atoms with Crippen molar-refractivity contribution in [1.29, 1.82) is 0 Å². The first-order valence-corrected chi connectivity index (χ1v) is 14.3. The Balaban J connectivity index is 1.61. The van der Waals surface area contributed by atoms with Gasteiger partial charge in [-0.15, -0.1) is 0 Å². The predicted octanol–water partition coefficient (Wildman–Crippen LogP) is 2.36. The van der Waals surface area contributed by atoms with Crippen LogP contribution in [0.3, 0.4) is 0 Å². The summed E-state index contributed by atoms with van der Waals surface area (Å²) in [6.07, 6.45) is 1.89. The number of sulfonamides is 1. The fourth-order valence-corrected chi connectivity index (χ4v) is 6.20. The number of benzene rings is 1. The molecule has 198 valence electrons. The van der Waals surface area contributed by atoms with Crippen LogP contribution in [0.1, 0.15) is 53.8 Å². The topological polar surface area (TPSA) is 138 Å². The molecule has 3 aromatic rings. The normalized spacial score (nSPS) is 22.3. The van der Waals surface area contributed by atoms with Gasteiger partial charge < -0.3 is 20.9 Å². The van der Waals surface area contributed by atoms with Gasteiger partial charge in [0.05, 0.1) is 28.7 Å². The summed E-state index contributed by atoms with van der Waals surface area (Å²) in [5, 5.41) is 8.21. The van der Waals surface area contributed by atoms with Crippen molar-refractivity contribution < 1.29 is 13.2 Å². The van der Waals surface area contributed by atoms with Crippen molar-refractivity contribution in [3.05, 3.63) is 47.2 Å². The Hall–Kier alpha value is -3.38. The molecule has 0 saturated carbocycles. The number of rotatable bonds is 2. The minimum absolute atomic E-state index is 0.0959. The molecule has 2 unspecified atom stereocenters. The van der Waals surface area contributed by atoms with E-state index >= 15 is 0 Å². The molecule has 2 aliphatic heterocycles. The van der Waals surface area contributed by atoms with Crippen molar-refractivity contribution >= 4 is 38.9 Å². The highest BCUT2D eigenvalue weighted by atomic mass is 32.2. The molecule has 1 amide bonds. The van der Waals surface area contributed by atoms with E-state index in [9.17, 15) is 13.2 Å². The van der Waals surface area contributed by atoms with Gasteiger partial charge in [-0.1, -0.05) is 18.6 Å². The fraction of sp³-hybridized carbons (Fsp3) is 0.480. The van der Waals surface area contributed by atoms with E-state index in [-0.39, 0.29) is 29.4 Å². The van der Waals surface area contributed by atoms with Gasteiger partial charge in [0.2, 0.25) is 10.0 Å². The molecular formula is C25H34N8O3S. The third-order valence-electron chi connectivity index (χ3n) is 7.06. The maximum Gasteiger partial charge on any atom is 0.256 e. The Kier molecular flexibility index (Phi) is 6.71. The van der Waals surface area contributed by atoms with Gasteiger partial charge in [0.1, 0.15) is 11.6 Å². The van der Waals surface area contributed by atoms with E-state index < -0.39 is 10.0 Å². The van der Waals surface area contributed by atoms with Crippen molar-refractivity contribution in [3.8, 4) is 0 Å². The number of carbonyl (C=O) groups is 1. The average Bonchev–Trinajstić information content (AvgIpc) is 3.48. The zero-order chi connectivity index (χ0) is 26.3. The Morgan fingerprint density at radius 3 is 2.76 bits per heavy atom. The van der Waals surface area contributed by atoms with Crippen LogP contribution in [0.2, 0.25) is 0 Å². The number of hydrogen-bond donors (Lipinski definition) is 3. The lowest BCUT2D eigenvalue weighted by Gasteiger charge is -2.27. The second kappa shape index (κ2) is 9.82. The molecule has 0 aliphatic carbocycles. The van der Waals surface area contributed by atoms with Crippen molar-refractivity contribution in [3.63, 3.8) is 0 Å². The molecule has 2 atom stereocenters. The molecule has 11 nitrogen and oxygen atoms in total. The fourth-order valence-electron chi connectivity index (χ4n) is 5.06. The van der Waals surface area contributed by atoms with Crippen LogP contribution >= 0.6 is 0 Å². The summed E-state index contributed by atoms with van der Waals surface area (Å²) in [5.41, 5.74) is 8.97. The Bertz CT molecular complexity index is 1440. The van der Waals surface area contributed by atoms with Crippen molar-refractivity contribution in [1.82, 2.24) is 19.5 Å². The minimum Gasteiger partial charge on any atom is -0.370 e. The summed E-state index contributed by atoms with van der Waals surface area (Å²) in [7, 11) is -1.94. The highest BCUT2D eigenvalue weighted by Crippen LogP contribution is 2.30. The number of carbonyl (C=O) groups excluding carboxylic acids is 1. The molecule has 2 bridgehead atoms. The number of nitrogens with one attached hydrogen (secondary N) is 2. The van der Waals surface area contributed by atoms with Gasteiger partial charge >= 0.3 is 0 Å². The SMILES string of the molecule is CCC1c2cc3nc(N4CCC(N)C4)cc(n3n2)NCCCS(=O)(=O)Nc2ccc(C)cc2C(=O)N1C. The summed E-state index contributed by atoms with van der Waals surface area (Å²) in [6.45, 7) is 5.84. The first-order chi connectivity index (χ1) is 17.6. The lowest BCUT2D eigenvalue weighted by molar-refractivity contribution is 0.0723. The van der Waals surface area contributed by atoms with E-state index in [1.165, 1.54) is 0 Å². The number of amides is 1. The lowest BCUT2D eigenvalue weighted by Crippen LogP contribution is -2.32. The molecule has 2 aromatic heterocycles. The lowest BCUT2D eigenvalue weighted by atomic mass is 10.1. The van der Waals surface area contributed by atoms with Gasteiger partial charge in [-0.05, 0) is 38.3 Å². The van der Waals surface area contributed by atoms with Gasteiger partial charge in [-0.25, -0.2) is 13.4 Å². The summed E-state index contributed by atoms with van der Waals surface area (Å²) in [4.78, 5) is 22.3. The van der Waals surface area contributed by atoms with E-state index in [1.807, 2.05) is 26.0 Å². The predicted molar refractivity (Wildman–Crippen MR) is 145 cm³/mol. The molecule has 2 aliphatic rings. The number of aryl methyl sites for hydroxylation is 1. The smallest absolute Gasteiger partial charge is 0.256 e. The number of nitrogens with two attached hydrogens (primary N) is 1. The quantitative estimate of drug-likeness (QED) is 0.463. The molecule has 37 heavy (non-hydrogen) atoms. The highest BCUT2D eigenvalue weighted by molar-refractivity contribution is 7.92. The van der Waals surface area contributed by atoms with Gasteiger partial charge in [0.15, 0.2) is 5.65 Å². The van der Waals surface area contributed by atoms with Crippen LogP contribution in [0, 0.1) is 6.92 Å². The first-order valence-electron chi connectivity index (χ1n) is 12.7. The van der Waals surface area contributed by atoms with Crippen LogP contribution in [0.25, 0.3) is 5.65 Å². The first kappa shape index (κ1) is 25.3. The number of hydrogen-bond acceptors (Lipinski definition) is 8. The summed E-state index contributed by atoms with van der Waals surface area (Å²) in [5.74, 6) is 1.14. The molecule has 1 saturated heterocycles. The molecule has 1 aromatic carbocycles. The zero-order valence-corrected chi connectivity index (χ0v) is 22.3. The van der Waals surface area contributed by atoms with Gasteiger partial charge in [-0.2, -0.15) is 9.61 Å². The largest absolute Gasteiger partial charge is 0.370 e. The average molecular weight is 527 g/mol. The number of fused-ring (bicyclic) bond motifs is 2. The van der Waals surface area contributed by atoms with Crippen molar-refractivity contribution in [2.24, 2.45) is 5.73 Å². The number of aromatic nitrogens is 3. The number of nitrogens with zero attached hydrogens (tertiary/aromatic N) is 5. The van der Waals surface area contributed by atoms with E-state index in [2.05, 4.69) is 14.9 Å². The van der Waals surface area contributed by atoms with Crippen molar-refractivity contribution in [2.75, 3.05) is 47.4 Å². The maximum absolute atomic E-state index is 13.7. The molecular weight excluding hydrogens is 492 g/mol. The molecule has 5 rings (SSSR count). The van der Waals surface area contributed by atoms with E-state index in [0.29, 0.717) is 36.3 Å². The molecule has 12 heteroatoms. The third-order valence-corrected chi connectivity index (χ3v) is 8.42. The van der Waals surface area contributed by atoms with E-state index in [4.69, 9.17) is 15.8 Å². The second-order valence-electron chi connectivity index (χ2n) is 9.92. The van der Waals surface area contributed by atoms with E-state index in [1.54, 1.807) is 34.7 Å². The Morgan fingerprint density at radius 2 is 2.03 bits per heavy atom. The van der Waals surface area contributed by atoms with Crippen LogP contribution in [0.5, 0.6) is 0 Å². The second-order valence-corrected chi connectivity index (χ2v) is 11.8. The van der Waals surface area contributed by atoms with Crippen LogP contribution < -0.4 is 20.7 Å². The molecule has 4 heterocycles. The van der Waals surface area contributed by atoms with E-state index in [0.717, 1.165) is 36.7 Å². The van der Waals surface area contributed by atoms with Crippen LogP contribution in [0.4, 0.5) is 17.3 Å². The summed E-state index contributed by atoms with van der Waals surface area (Å²) in [6, 6.07) is 8.79.